The highest BCUT2D eigenvalue weighted by atomic mass is 19.2. The minimum Gasteiger partial charge on any atom is -0.332 e. The molecule has 6 heteroatoms. The van der Waals surface area contributed by atoms with Crippen molar-refractivity contribution < 1.29 is 18.4 Å². The van der Waals surface area contributed by atoms with Crippen molar-refractivity contribution in [3.05, 3.63) is 34.9 Å². The molecule has 120 valence electrons. The molecule has 1 saturated heterocycles. The fourth-order valence-electron chi connectivity index (χ4n) is 2.62. The number of amides is 2. The summed E-state index contributed by atoms with van der Waals surface area (Å²) in [4.78, 5) is 27.3. The van der Waals surface area contributed by atoms with E-state index in [-0.39, 0.29) is 36.0 Å². The van der Waals surface area contributed by atoms with E-state index in [4.69, 9.17) is 0 Å². The van der Waals surface area contributed by atoms with Gasteiger partial charge in [-0.05, 0) is 25.8 Å². The Morgan fingerprint density at radius 1 is 1.23 bits per heavy atom. The highest BCUT2D eigenvalue weighted by Gasteiger charge is 2.36. The van der Waals surface area contributed by atoms with Gasteiger partial charge in [-0.15, -0.1) is 0 Å². The number of carbonyl (C=O) groups excluding carboxylic acids is 2. The number of halogens is 2. The molecular weight excluding hydrogens is 290 g/mol. The Kier molecular flexibility index (Phi) is 4.78. The van der Waals surface area contributed by atoms with Crippen molar-refractivity contribution in [1.29, 1.82) is 0 Å². The largest absolute Gasteiger partial charge is 0.332 e. The molecular formula is C16H20F2N2O2. The van der Waals surface area contributed by atoms with Crippen LogP contribution in [0.4, 0.5) is 8.78 Å². The minimum atomic E-state index is -0.955. The van der Waals surface area contributed by atoms with Gasteiger partial charge < -0.3 is 9.80 Å². The van der Waals surface area contributed by atoms with Crippen LogP contribution in [0.2, 0.25) is 0 Å². The monoisotopic (exact) mass is 310 g/mol. The van der Waals surface area contributed by atoms with E-state index in [1.54, 1.807) is 6.92 Å². The van der Waals surface area contributed by atoms with E-state index in [9.17, 15) is 18.4 Å². The molecule has 0 saturated carbocycles. The van der Waals surface area contributed by atoms with Gasteiger partial charge in [0.1, 0.15) is 6.04 Å². The van der Waals surface area contributed by atoms with Gasteiger partial charge in [-0.1, -0.05) is 19.1 Å². The summed E-state index contributed by atoms with van der Waals surface area (Å²) in [5.74, 6) is -2.27. The number of nitrogens with zero attached hydrogens (tertiary/aromatic N) is 2. The van der Waals surface area contributed by atoms with Crippen LogP contribution in [0.1, 0.15) is 31.4 Å². The molecule has 1 aliphatic heterocycles. The lowest BCUT2D eigenvalue weighted by Gasteiger charge is -2.38. The van der Waals surface area contributed by atoms with Gasteiger partial charge in [0.25, 0.3) is 0 Å². The van der Waals surface area contributed by atoms with Gasteiger partial charge in [-0.2, -0.15) is 0 Å². The summed E-state index contributed by atoms with van der Waals surface area (Å²) in [7, 11) is 0. The zero-order valence-corrected chi connectivity index (χ0v) is 13.0. The summed E-state index contributed by atoms with van der Waals surface area (Å²) in [6, 6.07) is 2.26. The molecule has 0 bridgehead atoms. The van der Waals surface area contributed by atoms with E-state index in [0.29, 0.717) is 6.54 Å². The van der Waals surface area contributed by atoms with Crippen LogP contribution >= 0.6 is 0 Å². The van der Waals surface area contributed by atoms with Crippen molar-refractivity contribution in [2.75, 3.05) is 13.1 Å². The molecule has 0 radical (unpaired) electrons. The first-order chi connectivity index (χ1) is 10.4. The molecule has 2 rings (SSSR count). The molecule has 0 aliphatic carbocycles. The van der Waals surface area contributed by atoms with E-state index in [1.165, 1.54) is 28.9 Å². The Morgan fingerprint density at radius 3 is 2.55 bits per heavy atom. The molecule has 0 aromatic heterocycles. The van der Waals surface area contributed by atoms with Gasteiger partial charge in [0.2, 0.25) is 11.8 Å². The maximum Gasteiger partial charge on any atom is 0.245 e. The second-order valence-electron chi connectivity index (χ2n) is 5.63. The van der Waals surface area contributed by atoms with Gasteiger partial charge in [-0.25, -0.2) is 8.78 Å². The van der Waals surface area contributed by atoms with Crippen LogP contribution < -0.4 is 0 Å². The highest BCUT2D eigenvalue weighted by molar-refractivity contribution is 5.94. The maximum absolute atomic E-state index is 14.0. The van der Waals surface area contributed by atoms with Crippen LogP contribution in [0, 0.1) is 18.6 Å². The van der Waals surface area contributed by atoms with E-state index < -0.39 is 17.7 Å². The molecule has 1 aromatic rings. The van der Waals surface area contributed by atoms with Crippen molar-refractivity contribution in [3.63, 3.8) is 0 Å². The van der Waals surface area contributed by atoms with Crippen LogP contribution in [0.5, 0.6) is 0 Å². The first kappa shape index (κ1) is 16.4. The number of hydrogen-bond acceptors (Lipinski definition) is 2. The molecule has 0 N–H and O–H groups in total. The van der Waals surface area contributed by atoms with E-state index >= 15 is 0 Å². The van der Waals surface area contributed by atoms with Crippen molar-refractivity contribution >= 4 is 11.8 Å². The average molecular weight is 310 g/mol. The van der Waals surface area contributed by atoms with E-state index in [0.717, 1.165) is 6.42 Å². The quantitative estimate of drug-likeness (QED) is 0.856. The fraction of sp³-hybridized carbons (Fsp3) is 0.500. The van der Waals surface area contributed by atoms with Gasteiger partial charge >= 0.3 is 0 Å². The Bertz CT molecular complexity index is 604. The molecule has 2 amide bonds. The van der Waals surface area contributed by atoms with Gasteiger partial charge in [0, 0.05) is 18.7 Å². The highest BCUT2D eigenvalue weighted by Crippen LogP contribution is 2.21. The number of carbonyl (C=O) groups is 2. The number of hydrogen-bond donors (Lipinski definition) is 0. The molecule has 0 spiro atoms. The number of piperazine rings is 1. The third-order valence-corrected chi connectivity index (χ3v) is 3.97. The molecule has 1 aromatic carbocycles. The molecule has 1 fully saturated rings. The molecule has 1 heterocycles. The van der Waals surface area contributed by atoms with E-state index in [2.05, 4.69) is 0 Å². The lowest BCUT2D eigenvalue weighted by atomic mass is 10.1. The van der Waals surface area contributed by atoms with Crippen LogP contribution in [-0.4, -0.2) is 40.7 Å². The third kappa shape index (κ3) is 2.96. The maximum atomic E-state index is 14.0. The van der Waals surface area contributed by atoms with Gasteiger partial charge in [0.05, 0.1) is 6.54 Å². The Hall–Kier alpha value is -1.98. The number of benzene rings is 1. The van der Waals surface area contributed by atoms with Crippen LogP contribution in [-0.2, 0) is 16.1 Å². The van der Waals surface area contributed by atoms with Gasteiger partial charge in [0.15, 0.2) is 11.6 Å². The first-order valence-electron chi connectivity index (χ1n) is 7.38. The zero-order valence-electron chi connectivity index (χ0n) is 13.0. The smallest absolute Gasteiger partial charge is 0.245 e. The molecule has 4 nitrogen and oxygen atoms in total. The summed E-state index contributed by atoms with van der Waals surface area (Å²) in [6.45, 7) is 5.44. The Labute approximate surface area is 128 Å². The predicted octanol–water partition coefficient (Wildman–Crippen LogP) is 2.24. The predicted molar refractivity (Wildman–Crippen MR) is 78.0 cm³/mol. The van der Waals surface area contributed by atoms with Crippen LogP contribution in [0.15, 0.2) is 12.1 Å². The Balaban J connectivity index is 2.21. The fourth-order valence-corrected chi connectivity index (χ4v) is 2.62. The Morgan fingerprint density at radius 2 is 1.91 bits per heavy atom. The summed E-state index contributed by atoms with van der Waals surface area (Å²) in [6.07, 6.45) is 0.767. The minimum absolute atomic E-state index is 0.00697. The second-order valence-corrected chi connectivity index (χ2v) is 5.63. The van der Waals surface area contributed by atoms with Crippen LogP contribution in [0.25, 0.3) is 0 Å². The summed E-state index contributed by atoms with van der Waals surface area (Å²) in [5, 5.41) is 0. The summed E-state index contributed by atoms with van der Waals surface area (Å²) < 4.78 is 27.6. The molecule has 0 unspecified atom stereocenters. The topological polar surface area (TPSA) is 40.6 Å². The lowest BCUT2D eigenvalue weighted by molar-refractivity contribution is -0.155. The van der Waals surface area contributed by atoms with Crippen molar-refractivity contribution in [3.8, 4) is 0 Å². The normalized spacial score (nSPS) is 19.0. The summed E-state index contributed by atoms with van der Waals surface area (Å²) in [5.41, 5.74) is 0.296. The SMILES string of the molecule is CCCN1CC(=O)N(Cc2ccc(C)c(F)c2F)[C@H](C)C1=O. The first-order valence-corrected chi connectivity index (χ1v) is 7.38. The number of rotatable bonds is 4. The zero-order chi connectivity index (χ0) is 16.4. The summed E-state index contributed by atoms with van der Waals surface area (Å²) >= 11 is 0. The third-order valence-electron chi connectivity index (χ3n) is 3.97. The van der Waals surface area contributed by atoms with Crippen molar-refractivity contribution in [2.24, 2.45) is 0 Å². The van der Waals surface area contributed by atoms with Crippen molar-refractivity contribution in [1.82, 2.24) is 9.80 Å². The lowest BCUT2D eigenvalue weighted by Crippen LogP contribution is -2.58. The van der Waals surface area contributed by atoms with Gasteiger partial charge in [-0.3, -0.25) is 9.59 Å². The molecule has 1 aliphatic rings. The van der Waals surface area contributed by atoms with E-state index in [1.807, 2.05) is 6.92 Å². The number of aryl methyl sites for hydroxylation is 1. The standard InChI is InChI=1S/C16H20F2N2O2/c1-4-7-19-9-13(21)20(11(3)16(19)22)8-12-6-5-10(2)14(17)15(12)18/h5-6,11H,4,7-9H2,1-3H3/t11-/m1/s1. The van der Waals surface area contributed by atoms with Crippen molar-refractivity contribution in [2.45, 2.75) is 39.8 Å². The van der Waals surface area contributed by atoms with Crippen LogP contribution in [0.3, 0.4) is 0 Å². The molecule has 1 atom stereocenters. The average Bonchev–Trinajstić information content (AvgIpc) is 2.49. The molecule has 22 heavy (non-hydrogen) atoms. The second kappa shape index (κ2) is 6.42.